The van der Waals surface area contributed by atoms with Gasteiger partial charge in [-0.3, -0.25) is 0 Å². The zero-order valence-electron chi connectivity index (χ0n) is 21.4. The van der Waals surface area contributed by atoms with Crippen molar-refractivity contribution in [3.8, 4) is 34.5 Å². The van der Waals surface area contributed by atoms with Crippen LogP contribution in [0, 0.1) is 0 Å². The molecular weight excluding hydrogens is 500 g/mol. The van der Waals surface area contributed by atoms with Crippen LogP contribution in [-0.2, 0) is 26.5 Å². The number of rotatable bonds is 6. The molecule has 1 atom stereocenters. The maximum atomic E-state index is 12.9. The lowest BCUT2D eigenvalue weighted by Gasteiger charge is -2.45. The second kappa shape index (κ2) is 9.65. The summed E-state index contributed by atoms with van der Waals surface area (Å²) in [7, 11) is 0. The molecule has 39 heavy (non-hydrogen) atoms. The lowest BCUT2D eigenvalue weighted by Crippen LogP contribution is -2.37. The zero-order valence-corrected chi connectivity index (χ0v) is 21.4. The molecule has 0 unspecified atom stereocenters. The highest BCUT2D eigenvalue weighted by Crippen LogP contribution is 2.65. The Hall–Kier alpha value is -4.53. The number of esters is 1. The fourth-order valence-electron chi connectivity index (χ4n) is 5.54. The number of carbonyl (C=O) groups excluding carboxylic acids is 1. The molecule has 0 fully saturated rings. The summed E-state index contributed by atoms with van der Waals surface area (Å²) in [4.78, 5) is 23.3. The van der Waals surface area contributed by atoms with E-state index in [1.165, 1.54) is 6.07 Å². The van der Waals surface area contributed by atoms with Crippen molar-refractivity contribution in [3.63, 3.8) is 0 Å². The molecule has 0 saturated carbocycles. The van der Waals surface area contributed by atoms with Gasteiger partial charge in [0.05, 0.1) is 29.8 Å². The molecule has 4 aromatic carbocycles. The predicted octanol–water partition coefficient (Wildman–Crippen LogP) is 6.34. The fourth-order valence-corrected chi connectivity index (χ4v) is 5.54. The van der Waals surface area contributed by atoms with Gasteiger partial charge in [0, 0.05) is 16.7 Å². The quantitative estimate of drug-likeness (QED) is 0.112. The van der Waals surface area contributed by atoms with Gasteiger partial charge in [-0.05, 0) is 50.2 Å². The van der Waals surface area contributed by atoms with Crippen LogP contribution in [0.15, 0.2) is 72.8 Å². The van der Waals surface area contributed by atoms with E-state index in [0.29, 0.717) is 57.4 Å². The third kappa shape index (κ3) is 3.64. The molecule has 8 heteroatoms. The van der Waals surface area contributed by atoms with Crippen molar-refractivity contribution in [3.05, 3.63) is 106 Å². The van der Waals surface area contributed by atoms with E-state index in [0.717, 1.165) is 0 Å². The molecule has 2 N–H and O–H groups in total. The van der Waals surface area contributed by atoms with E-state index in [1.54, 1.807) is 32.0 Å². The first-order valence-electron chi connectivity index (χ1n) is 12.7. The first-order valence-corrected chi connectivity index (χ1v) is 12.7. The van der Waals surface area contributed by atoms with E-state index < -0.39 is 11.4 Å². The lowest BCUT2D eigenvalue weighted by molar-refractivity contribution is -0.300. The number of carbonyl (C=O) groups is 1. The first kappa shape index (κ1) is 24.8. The molecule has 4 aromatic rings. The number of ether oxygens (including phenoxy) is 3. The Morgan fingerprint density at radius 1 is 0.718 bits per heavy atom. The van der Waals surface area contributed by atoms with Crippen LogP contribution in [0.1, 0.15) is 52.0 Å². The Labute approximate surface area is 224 Å². The van der Waals surface area contributed by atoms with Crippen molar-refractivity contribution in [2.75, 3.05) is 13.2 Å². The monoisotopic (exact) mass is 526 g/mol. The van der Waals surface area contributed by atoms with Crippen molar-refractivity contribution >= 4 is 5.97 Å². The van der Waals surface area contributed by atoms with E-state index in [2.05, 4.69) is 0 Å². The van der Waals surface area contributed by atoms with Crippen molar-refractivity contribution in [2.45, 2.75) is 25.9 Å². The summed E-state index contributed by atoms with van der Waals surface area (Å²) in [6, 6.07) is 21.4. The number of phenols is 2. The van der Waals surface area contributed by atoms with E-state index in [-0.39, 0.29) is 30.3 Å². The Morgan fingerprint density at radius 2 is 1.31 bits per heavy atom. The number of phenolic OH excluding ortho intramolecular Hbond substituents is 2. The molecule has 0 radical (unpaired) electrons. The van der Waals surface area contributed by atoms with Gasteiger partial charge < -0.3 is 24.4 Å². The molecule has 2 aliphatic heterocycles. The summed E-state index contributed by atoms with van der Waals surface area (Å²) in [5, 5.41) is 23.7. The molecule has 0 amide bonds. The maximum Gasteiger partial charge on any atom is 0.341 e. The molecule has 2 aliphatic rings. The van der Waals surface area contributed by atoms with Gasteiger partial charge in [0.1, 0.15) is 46.7 Å². The molecule has 0 aliphatic carbocycles. The summed E-state index contributed by atoms with van der Waals surface area (Å²) in [6.45, 7) is 3.96. The lowest BCUT2D eigenvalue weighted by atomic mass is 9.61. The van der Waals surface area contributed by atoms with Crippen LogP contribution in [0.5, 0.6) is 34.5 Å². The molecule has 0 bridgehead atoms. The van der Waals surface area contributed by atoms with Crippen molar-refractivity contribution in [1.82, 2.24) is 0 Å². The van der Waals surface area contributed by atoms with Crippen molar-refractivity contribution in [1.29, 1.82) is 0 Å². The molecule has 198 valence electrons. The van der Waals surface area contributed by atoms with Gasteiger partial charge in [0.25, 0.3) is 0 Å². The van der Waals surface area contributed by atoms with E-state index in [9.17, 15) is 15.0 Å². The highest BCUT2D eigenvalue weighted by atomic mass is 17.2. The third-order valence-corrected chi connectivity index (χ3v) is 7.05. The minimum atomic E-state index is -1.33. The van der Waals surface area contributed by atoms with Crippen LogP contribution in [0.3, 0.4) is 0 Å². The van der Waals surface area contributed by atoms with Crippen LogP contribution in [0.2, 0.25) is 0 Å². The first-order chi connectivity index (χ1) is 19.0. The normalized spacial score (nSPS) is 16.3. The van der Waals surface area contributed by atoms with Crippen LogP contribution in [0.4, 0.5) is 0 Å². The number of hydrogen-bond donors (Lipinski definition) is 2. The number of benzene rings is 4. The van der Waals surface area contributed by atoms with Crippen LogP contribution in [0.25, 0.3) is 0 Å². The molecule has 2 heterocycles. The minimum absolute atomic E-state index is 0.0150. The minimum Gasteiger partial charge on any atom is -0.507 e. The second-order valence-corrected chi connectivity index (χ2v) is 9.12. The van der Waals surface area contributed by atoms with E-state index >= 15 is 0 Å². The second-order valence-electron chi connectivity index (χ2n) is 9.12. The molecule has 6 rings (SSSR count). The highest BCUT2D eigenvalue weighted by Gasteiger charge is 2.54. The fraction of sp³-hybridized carbons (Fsp3) is 0.194. The maximum absolute atomic E-state index is 12.9. The molecular formula is C31H26O8. The van der Waals surface area contributed by atoms with Gasteiger partial charge in [0.2, 0.25) is 0 Å². The van der Waals surface area contributed by atoms with Gasteiger partial charge in [-0.2, -0.15) is 0 Å². The average molecular weight is 527 g/mol. The Kier molecular flexibility index (Phi) is 6.13. The van der Waals surface area contributed by atoms with Gasteiger partial charge in [-0.1, -0.05) is 36.4 Å². The van der Waals surface area contributed by atoms with Crippen LogP contribution >= 0.6 is 0 Å². The van der Waals surface area contributed by atoms with E-state index in [4.69, 9.17) is 24.0 Å². The number of fused-ring (bicyclic) bond motifs is 8. The topological polar surface area (TPSA) is 104 Å². The summed E-state index contributed by atoms with van der Waals surface area (Å²) < 4.78 is 17.8. The van der Waals surface area contributed by atoms with Crippen molar-refractivity contribution in [2.24, 2.45) is 0 Å². The zero-order chi connectivity index (χ0) is 27.1. The summed E-state index contributed by atoms with van der Waals surface area (Å²) in [5.41, 5.74) is 1.10. The summed E-state index contributed by atoms with van der Waals surface area (Å²) in [5.74, 6) is 0.712. The molecule has 8 nitrogen and oxygen atoms in total. The molecule has 0 aromatic heterocycles. The predicted molar refractivity (Wildman–Crippen MR) is 141 cm³/mol. The van der Waals surface area contributed by atoms with Gasteiger partial charge >= 0.3 is 5.97 Å². The van der Waals surface area contributed by atoms with Gasteiger partial charge in [0.15, 0.2) is 0 Å². The SMILES string of the molecule is CCOOCc1ccc2c(c1O)[C@]1(c3ccccc3O2)c2ccccc2Oc2ccc(C(=O)OCC)c(O)c21. The Bertz CT molecular complexity index is 1550. The Morgan fingerprint density at radius 3 is 1.92 bits per heavy atom. The molecule has 1 spiro atoms. The van der Waals surface area contributed by atoms with E-state index in [1.807, 2.05) is 48.5 Å². The number of hydrogen-bond acceptors (Lipinski definition) is 8. The van der Waals surface area contributed by atoms with Gasteiger partial charge in [-0.25, -0.2) is 14.6 Å². The summed E-state index contributed by atoms with van der Waals surface area (Å²) >= 11 is 0. The molecule has 0 saturated heterocycles. The van der Waals surface area contributed by atoms with Crippen LogP contribution in [-0.4, -0.2) is 29.4 Å². The number of aromatic hydroxyl groups is 2. The Balaban J connectivity index is 1.75. The van der Waals surface area contributed by atoms with Crippen LogP contribution < -0.4 is 9.47 Å². The smallest absolute Gasteiger partial charge is 0.341 e. The largest absolute Gasteiger partial charge is 0.507 e. The van der Waals surface area contributed by atoms with Gasteiger partial charge in [-0.15, -0.1) is 0 Å². The average Bonchev–Trinajstić information content (AvgIpc) is 2.94. The number of para-hydroxylation sites is 2. The highest BCUT2D eigenvalue weighted by molar-refractivity contribution is 5.95. The standard InChI is InChI=1S/C31H26O8/c1-3-35-30(34)19-14-16-25-27(29(19)33)31(21-10-6-8-12-23(21)39-25)20-9-5-7-11-22(20)38-24-15-13-18(17-37-36-4-2)28(32)26(24)31/h5-16,32-33H,3-4,17H2,1-2H3/t31-/m0/s1. The van der Waals surface area contributed by atoms with Crippen molar-refractivity contribution < 1.29 is 39.0 Å². The third-order valence-electron chi connectivity index (χ3n) is 7.05. The summed E-state index contributed by atoms with van der Waals surface area (Å²) in [6.07, 6.45) is 0.